The molecule has 1 aromatic heterocycles. The zero-order valence-corrected chi connectivity index (χ0v) is 13.7. The van der Waals surface area contributed by atoms with E-state index in [-0.39, 0.29) is 11.7 Å². The van der Waals surface area contributed by atoms with Crippen molar-refractivity contribution in [3.8, 4) is 0 Å². The number of rotatable bonds is 3. The van der Waals surface area contributed by atoms with Gasteiger partial charge in [0.15, 0.2) is 0 Å². The van der Waals surface area contributed by atoms with Gasteiger partial charge in [0.2, 0.25) is 0 Å². The quantitative estimate of drug-likeness (QED) is 0.857. The summed E-state index contributed by atoms with van der Waals surface area (Å²) in [6, 6.07) is 2.38. The molecular weight excluding hydrogens is 292 g/mol. The number of furan rings is 1. The zero-order chi connectivity index (χ0) is 15.7. The molecule has 126 valence electrons. The van der Waals surface area contributed by atoms with E-state index in [2.05, 4.69) is 4.90 Å². The minimum absolute atomic E-state index is 0.0693. The van der Waals surface area contributed by atoms with Crippen molar-refractivity contribution in [2.24, 2.45) is 0 Å². The third-order valence-electron chi connectivity index (χ3n) is 5.75. The highest BCUT2D eigenvalue weighted by Crippen LogP contribution is 2.38. The molecule has 0 bridgehead atoms. The Bertz CT molecular complexity index is 528. The van der Waals surface area contributed by atoms with Gasteiger partial charge in [0, 0.05) is 31.2 Å². The van der Waals surface area contributed by atoms with Crippen LogP contribution in [0.2, 0.25) is 0 Å². The van der Waals surface area contributed by atoms with Crippen LogP contribution in [0.15, 0.2) is 23.0 Å². The molecule has 1 aromatic rings. The van der Waals surface area contributed by atoms with E-state index in [1.54, 1.807) is 6.26 Å². The molecule has 3 heterocycles. The van der Waals surface area contributed by atoms with E-state index in [1.165, 1.54) is 24.8 Å². The monoisotopic (exact) mass is 318 g/mol. The lowest BCUT2D eigenvalue weighted by atomic mass is 9.84. The van der Waals surface area contributed by atoms with Crippen molar-refractivity contribution in [1.29, 1.82) is 0 Å². The fourth-order valence-corrected chi connectivity index (χ4v) is 4.42. The van der Waals surface area contributed by atoms with E-state index in [1.807, 2.05) is 17.2 Å². The molecule has 0 aromatic carbocycles. The van der Waals surface area contributed by atoms with Crippen LogP contribution in [0.25, 0.3) is 0 Å². The highest BCUT2D eigenvalue weighted by atomic mass is 16.6. The summed E-state index contributed by atoms with van der Waals surface area (Å²) in [5, 5.41) is 0. The molecule has 3 aliphatic rings. The maximum Gasteiger partial charge on any atom is 0.410 e. The summed E-state index contributed by atoms with van der Waals surface area (Å²) in [6.07, 6.45) is 11.3. The Hall–Kier alpha value is -1.49. The lowest BCUT2D eigenvalue weighted by molar-refractivity contribution is 0.0259. The van der Waals surface area contributed by atoms with Gasteiger partial charge in [-0.15, -0.1) is 0 Å². The van der Waals surface area contributed by atoms with Crippen LogP contribution >= 0.6 is 0 Å². The van der Waals surface area contributed by atoms with Gasteiger partial charge in [0.25, 0.3) is 0 Å². The maximum atomic E-state index is 12.4. The number of carbonyl (C=O) groups is 1. The number of hydrogen-bond donors (Lipinski definition) is 0. The zero-order valence-electron chi connectivity index (χ0n) is 13.7. The number of hydrogen-bond acceptors (Lipinski definition) is 4. The first kappa shape index (κ1) is 15.1. The molecule has 0 atom stereocenters. The number of piperidine rings is 1. The summed E-state index contributed by atoms with van der Waals surface area (Å²) >= 11 is 0. The molecule has 2 aliphatic heterocycles. The Labute approximate surface area is 137 Å². The van der Waals surface area contributed by atoms with Crippen molar-refractivity contribution in [2.75, 3.05) is 19.6 Å². The van der Waals surface area contributed by atoms with Crippen LogP contribution in [0.4, 0.5) is 4.79 Å². The van der Waals surface area contributed by atoms with Crippen molar-refractivity contribution in [2.45, 2.75) is 63.1 Å². The third-order valence-corrected chi connectivity index (χ3v) is 5.75. The normalized spacial score (nSPS) is 25.9. The van der Waals surface area contributed by atoms with Crippen LogP contribution in [0, 0.1) is 0 Å². The summed E-state index contributed by atoms with van der Waals surface area (Å²) in [4.78, 5) is 16.8. The molecule has 23 heavy (non-hydrogen) atoms. The fraction of sp³-hybridized carbons (Fsp3) is 0.722. The van der Waals surface area contributed by atoms with Gasteiger partial charge < -0.3 is 14.1 Å². The second-order valence-electron chi connectivity index (χ2n) is 7.38. The fourth-order valence-electron chi connectivity index (χ4n) is 4.42. The average molecular weight is 318 g/mol. The summed E-state index contributed by atoms with van der Waals surface area (Å²) in [7, 11) is 0. The third kappa shape index (κ3) is 3.11. The molecule has 5 nitrogen and oxygen atoms in total. The Morgan fingerprint density at radius 1 is 1.17 bits per heavy atom. The molecule has 0 unspecified atom stereocenters. The van der Waals surface area contributed by atoms with Gasteiger partial charge in [-0.1, -0.05) is 6.42 Å². The summed E-state index contributed by atoms with van der Waals surface area (Å²) in [5.74, 6) is 0. The van der Waals surface area contributed by atoms with Gasteiger partial charge in [0.05, 0.1) is 19.1 Å². The summed E-state index contributed by atoms with van der Waals surface area (Å²) in [6.45, 7) is 3.83. The van der Waals surface area contributed by atoms with Gasteiger partial charge in [-0.3, -0.25) is 4.90 Å². The van der Waals surface area contributed by atoms with Crippen LogP contribution < -0.4 is 0 Å². The minimum Gasteiger partial charge on any atom is -0.472 e. The van der Waals surface area contributed by atoms with Crippen molar-refractivity contribution < 1.29 is 13.9 Å². The van der Waals surface area contributed by atoms with E-state index >= 15 is 0 Å². The van der Waals surface area contributed by atoms with Gasteiger partial charge in [-0.25, -0.2) is 4.79 Å². The SMILES string of the molecule is O=C1OC2(CCCCC2)CN1C1CCN(Cc2ccoc2)CC1. The molecule has 5 heteroatoms. The summed E-state index contributed by atoms with van der Waals surface area (Å²) < 4.78 is 11.0. The minimum atomic E-state index is -0.163. The largest absolute Gasteiger partial charge is 0.472 e. The maximum absolute atomic E-state index is 12.4. The molecule has 2 saturated heterocycles. The van der Waals surface area contributed by atoms with Gasteiger partial charge in [-0.05, 0) is 44.6 Å². The van der Waals surface area contributed by atoms with E-state index < -0.39 is 0 Å². The number of ether oxygens (including phenoxy) is 1. The van der Waals surface area contributed by atoms with Crippen LogP contribution in [0.3, 0.4) is 0 Å². The van der Waals surface area contributed by atoms with E-state index in [0.29, 0.717) is 6.04 Å². The molecule has 1 saturated carbocycles. The molecule has 1 aliphatic carbocycles. The number of carbonyl (C=O) groups excluding carboxylic acids is 1. The van der Waals surface area contributed by atoms with Crippen LogP contribution in [-0.4, -0.2) is 47.2 Å². The number of nitrogens with zero attached hydrogens (tertiary/aromatic N) is 2. The molecule has 0 radical (unpaired) electrons. The first-order valence-electron chi connectivity index (χ1n) is 8.97. The van der Waals surface area contributed by atoms with Crippen molar-refractivity contribution in [1.82, 2.24) is 9.80 Å². The number of likely N-dealkylation sites (tertiary alicyclic amines) is 1. The van der Waals surface area contributed by atoms with Gasteiger partial charge >= 0.3 is 6.09 Å². The second kappa shape index (κ2) is 6.19. The van der Waals surface area contributed by atoms with Gasteiger partial charge in [0.1, 0.15) is 5.60 Å². The Morgan fingerprint density at radius 3 is 2.65 bits per heavy atom. The van der Waals surface area contributed by atoms with Crippen LogP contribution in [0.5, 0.6) is 0 Å². The number of amides is 1. The predicted molar refractivity (Wildman–Crippen MR) is 86.0 cm³/mol. The van der Waals surface area contributed by atoms with Crippen molar-refractivity contribution in [3.05, 3.63) is 24.2 Å². The topological polar surface area (TPSA) is 45.9 Å². The van der Waals surface area contributed by atoms with Crippen molar-refractivity contribution in [3.63, 3.8) is 0 Å². The molecule has 0 N–H and O–H groups in total. The first-order chi connectivity index (χ1) is 11.2. The highest BCUT2D eigenvalue weighted by molar-refractivity contribution is 5.71. The molecule has 1 spiro atoms. The standard InChI is InChI=1S/C18H26N2O3/c21-17-20(14-18(23-17)7-2-1-3-8-18)16-4-9-19(10-5-16)12-15-6-11-22-13-15/h6,11,13,16H,1-5,7-10,12,14H2. The van der Waals surface area contributed by atoms with Gasteiger partial charge in [-0.2, -0.15) is 0 Å². The average Bonchev–Trinajstić information content (AvgIpc) is 3.17. The molecule has 4 rings (SSSR count). The predicted octanol–water partition coefficient (Wildman–Crippen LogP) is 3.40. The first-order valence-corrected chi connectivity index (χ1v) is 8.97. The van der Waals surface area contributed by atoms with Crippen LogP contribution in [0.1, 0.15) is 50.5 Å². The van der Waals surface area contributed by atoms with E-state index in [4.69, 9.17) is 9.15 Å². The second-order valence-corrected chi connectivity index (χ2v) is 7.38. The van der Waals surface area contributed by atoms with E-state index in [0.717, 1.165) is 51.9 Å². The van der Waals surface area contributed by atoms with Crippen LogP contribution in [-0.2, 0) is 11.3 Å². The highest BCUT2D eigenvalue weighted by Gasteiger charge is 2.47. The molecular formula is C18H26N2O3. The summed E-state index contributed by atoms with van der Waals surface area (Å²) in [5.41, 5.74) is 1.06. The van der Waals surface area contributed by atoms with Crippen molar-refractivity contribution >= 4 is 6.09 Å². The lowest BCUT2D eigenvalue weighted by Gasteiger charge is -2.36. The Morgan fingerprint density at radius 2 is 1.96 bits per heavy atom. The smallest absolute Gasteiger partial charge is 0.410 e. The van der Waals surface area contributed by atoms with E-state index in [9.17, 15) is 4.79 Å². The lowest BCUT2D eigenvalue weighted by Crippen LogP contribution is -2.46. The Balaban J connectivity index is 1.32. The Kier molecular flexibility index (Phi) is 4.05. The molecule has 1 amide bonds. The molecule has 3 fully saturated rings.